The maximum atomic E-state index is 11.8. The molecule has 3 heteroatoms. The first kappa shape index (κ1) is 12.4. The number of hydrogen-bond acceptors (Lipinski definition) is 3. The molecule has 2 aromatic rings. The van der Waals surface area contributed by atoms with E-state index in [0.717, 1.165) is 30.6 Å². The Kier molecular flexibility index (Phi) is 3.65. The topological polar surface area (TPSA) is 26.3 Å². The lowest BCUT2D eigenvalue weighted by Gasteiger charge is -2.15. The first-order valence-electron chi connectivity index (χ1n) is 6.64. The van der Waals surface area contributed by atoms with Gasteiger partial charge >= 0.3 is 0 Å². The number of rotatable bonds is 4. The lowest BCUT2D eigenvalue weighted by atomic mass is 9.90. The van der Waals surface area contributed by atoms with E-state index in [4.69, 9.17) is 4.74 Å². The van der Waals surface area contributed by atoms with Crippen LogP contribution >= 0.6 is 11.3 Å². The van der Waals surface area contributed by atoms with Crippen molar-refractivity contribution in [3.8, 4) is 5.75 Å². The molecule has 0 saturated heterocycles. The van der Waals surface area contributed by atoms with Gasteiger partial charge in [-0.15, -0.1) is 11.3 Å². The highest BCUT2D eigenvalue weighted by molar-refractivity contribution is 7.09. The van der Waals surface area contributed by atoms with Crippen LogP contribution in [0.25, 0.3) is 0 Å². The summed E-state index contributed by atoms with van der Waals surface area (Å²) in [7, 11) is 0. The largest absolute Gasteiger partial charge is 0.493 e. The average molecular weight is 272 g/mol. The quantitative estimate of drug-likeness (QED) is 0.844. The van der Waals surface area contributed by atoms with Crippen molar-refractivity contribution in [2.45, 2.75) is 25.7 Å². The highest BCUT2D eigenvalue weighted by Gasteiger charge is 2.17. The molecule has 1 aliphatic carbocycles. The molecule has 0 radical (unpaired) electrons. The van der Waals surface area contributed by atoms with Crippen LogP contribution in [0.4, 0.5) is 0 Å². The lowest BCUT2D eigenvalue weighted by molar-refractivity contribution is 0.0972. The fourth-order valence-corrected chi connectivity index (χ4v) is 3.11. The van der Waals surface area contributed by atoms with E-state index in [1.807, 2.05) is 18.2 Å². The van der Waals surface area contributed by atoms with E-state index in [-0.39, 0.29) is 5.78 Å². The highest BCUT2D eigenvalue weighted by atomic mass is 32.1. The van der Waals surface area contributed by atoms with Crippen molar-refractivity contribution in [3.63, 3.8) is 0 Å². The molecule has 2 nitrogen and oxygen atoms in total. The Morgan fingerprint density at radius 2 is 2.16 bits per heavy atom. The minimum Gasteiger partial charge on any atom is -0.493 e. The number of benzene rings is 1. The molecule has 1 aromatic carbocycles. The van der Waals surface area contributed by atoms with Crippen LogP contribution in [0.2, 0.25) is 0 Å². The van der Waals surface area contributed by atoms with Gasteiger partial charge in [0, 0.05) is 23.3 Å². The summed E-state index contributed by atoms with van der Waals surface area (Å²) in [5.41, 5.74) is 2.03. The van der Waals surface area contributed by atoms with Crippen LogP contribution in [0.3, 0.4) is 0 Å². The minimum absolute atomic E-state index is 0.255. The number of Topliss-reactive ketones (excluding diaryl/α,β-unsaturated/α-hetero) is 1. The SMILES string of the molecule is O=C1CCCc2ccc(OCCc3cccs3)cc21. The molecule has 0 fully saturated rings. The fourth-order valence-electron chi connectivity index (χ4n) is 2.42. The van der Waals surface area contributed by atoms with Gasteiger partial charge in [-0.1, -0.05) is 12.1 Å². The molecular weight excluding hydrogens is 256 g/mol. The smallest absolute Gasteiger partial charge is 0.163 e. The monoisotopic (exact) mass is 272 g/mol. The first-order valence-corrected chi connectivity index (χ1v) is 7.52. The average Bonchev–Trinajstić information content (AvgIpc) is 2.93. The van der Waals surface area contributed by atoms with Crippen LogP contribution in [0, 0.1) is 0 Å². The second-order valence-corrected chi connectivity index (χ2v) is 5.81. The third-order valence-corrected chi connectivity index (χ3v) is 4.37. The van der Waals surface area contributed by atoms with Crippen molar-refractivity contribution in [1.82, 2.24) is 0 Å². The zero-order valence-electron chi connectivity index (χ0n) is 10.7. The number of hydrogen-bond donors (Lipinski definition) is 0. The predicted molar refractivity (Wildman–Crippen MR) is 77.2 cm³/mol. The van der Waals surface area contributed by atoms with Crippen molar-refractivity contribution in [2.75, 3.05) is 6.61 Å². The van der Waals surface area contributed by atoms with E-state index in [1.54, 1.807) is 11.3 Å². The van der Waals surface area contributed by atoms with E-state index in [1.165, 1.54) is 10.4 Å². The Labute approximate surface area is 117 Å². The Morgan fingerprint density at radius 3 is 3.00 bits per heavy atom. The van der Waals surface area contributed by atoms with Gasteiger partial charge in [0.25, 0.3) is 0 Å². The van der Waals surface area contributed by atoms with Crippen molar-refractivity contribution in [3.05, 3.63) is 51.7 Å². The maximum Gasteiger partial charge on any atom is 0.163 e. The zero-order valence-corrected chi connectivity index (χ0v) is 11.5. The Balaban J connectivity index is 1.65. The van der Waals surface area contributed by atoms with Crippen molar-refractivity contribution in [2.24, 2.45) is 0 Å². The number of thiophene rings is 1. The van der Waals surface area contributed by atoms with Crippen LogP contribution in [0.1, 0.15) is 33.6 Å². The Hall–Kier alpha value is -1.61. The highest BCUT2D eigenvalue weighted by Crippen LogP contribution is 2.25. The maximum absolute atomic E-state index is 11.8. The molecule has 0 bridgehead atoms. The van der Waals surface area contributed by atoms with Crippen LogP contribution in [-0.4, -0.2) is 12.4 Å². The Bertz CT molecular complexity index is 572. The molecular formula is C16H16O2S. The van der Waals surface area contributed by atoms with Crippen molar-refractivity contribution in [1.29, 1.82) is 0 Å². The van der Waals surface area contributed by atoms with E-state index in [2.05, 4.69) is 17.5 Å². The van der Waals surface area contributed by atoms with Crippen LogP contribution in [0.5, 0.6) is 5.75 Å². The molecule has 0 saturated carbocycles. The van der Waals surface area contributed by atoms with E-state index in [9.17, 15) is 4.79 Å². The molecule has 0 N–H and O–H groups in total. The minimum atomic E-state index is 0.255. The number of carbonyl (C=O) groups is 1. The molecule has 0 aliphatic heterocycles. The third kappa shape index (κ3) is 2.87. The summed E-state index contributed by atoms with van der Waals surface area (Å²) in [5.74, 6) is 1.07. The molecule has 0 unspecified atom stereocenters. The molecule has 1 heterocycles. The first-order chi connectivity index (χ1) is 9.33. The van der Waals surface area contributed by atoms with Gasteiger partial charge < -0.3 is 4.74 Å². The van der Waals surface area contributed by atoms with Crippen molar-refractivity contribution < 1.29 is 9.53 Å². The second kappa shape index (κ2) is 5.57. The van der Waals surface area contributed by atoms with E-state index >= 15 is 0 Å². The molecule has 0 amide bonds. The summed E-state index contributed by atoms with van der Waals surface area (Å²) < 4.78 is 5.75. The van der Waals surface area contributed by atoms with Gasteiger partial charge in [-0.25, -0.2) is 0 Å². The Morgan fingerprint density at radius 1 is 1.21 bits per heavy atom. The molecule has 19 heavy (non-hydrogen) atoms. The van der Waals surface area contributed by atoms with Gasteiger partial charge in [0.05, 0.1) is 6.61 Å². The van der Waals surface area contributed by atoms with Crippen molar-refractivity contribution >= 4 is 17.1 Å². The number of ketones is 1. The van der Waals surface area contributed by atoms with Gasteiger partial charge in [-0.3, -0.25) is 4.79 Å². The van der Waals surface area contributed by atoms with Gasteiger partial charge in [0.2, 0.25) is 0 Å². The zero-order chi connectivity index (χ0) is 13.1. The summed E-state index contributed by atoms with van der Waals surface area (Å²) >= 11 is 1.75. The van der Waals surface area contributed by atoms with E-state index < -0.39 is 0 Å². The summed E-state index contributed by atoms with van der Waals surface area (Å²) in [6.07, 6.45) is 3.58. The summed E-state index contributed by atoms with van der Waals surface area (Å²) in [6.45, 7) is 0.660. The van der Waals surface area contributed by atoms with Crippen LogP contribution in [0.15, 0.2) is 35.7 Å². The standard InChI is InChI=1S/C16H16O2S/c17-16-5-1-3-12-6-7-13(11-15(12)16)18-9-8-14-4-2-10-19-14/h2,4,6-7,10-11H,1,3,5,8-9H2. The molecule has 0 atom stereocenters. The second-order valence-electron chi connectivity index (χ2n) is 4.77. The van der Waals surface area contributed by atoms with Crippen LogP contribution in [-0.2, 0) is 12.8 Å². The molecule has 3 rings (SSSR count). The molecule has 1 aromatic heterocycles. The fraction of sp³-hybridized carbons (Fsp3) is 0.312. The van der Waals surface area contributed by atoms with Gasteiger partial charge in [-0.05, 0) is 42.0 Å². The predicted octanol–water partition coefficient (Wildman–Crippen LogP) is 3.89. The third-order valence-electron chi connectivity index (χ3n) is 3.43. The summed E-state index contributed by atoms with van der Waals surface area (Å²) in [5, 5.41) is 2.08. The van der Waals surface area contributed by atoms with Gasteiger partial charge in [0.1, 0.15) is 5.75 Å². The summed E-state index contributed by atoms with van der Waals surface area (Å²) in [4.78, 5) is 13.2. The molecule has 0 spiro atoms. The lowest BCUT2D eigenvalue weighted by Crippen LogP contribution is -2.11. The van der Waals surface area contributed by atoms with Crippen LogP contribution < -0.4 is 4.74 Å². The summed E-state index contributed by atoms with van der Waals surface area (Å²) in [6, 6.07) is 10.1. The van der Waals surface area contributed by atoms with Gasteiger partial charge in [-0.2, -0.15) is 0 Å². The number of aryl methyl sites for hydroxylation is 1. The van der Waals surface area contributed by atoms with E-state index in [0.29, 0.717) is 13.0 Å². The molecule has 1 aliphatic rings. The number of fused-ring (bicyclic) bond motifs is 1. The molecule has 98 valence electrons. The number of carbonyl (C=O) groups excluding carboxylic acids is 1. The normalized spacial score (nSPS) is 14.2. The van der Waals surface area contributed by atoms with Gasteiger partial charge in [0.15, 0.2) is 5.78 Å². The number of ether oxygens (including phenoxy) is 1.